The number of amides is 1. The molecule has 6 nitrogen and oxygen atoms in total. The summed E-state index contributed by atoms with van der Waals surface area (Å²) in [5.74, 6) is -1.11. The summed E-state index contributed by atoms with van der Waals surface area (Å²) in [4.78, 5) is 12.0. The van der Waals surface area contributed by atoms with Crippen molar-refractivity contribution in [2.45, 2.75) is 6.54 Å². The first-order valence-corrected chi connectivity index (χ1v) is 6.69. The van der Waals surface area contributed by atoms with Gasteiger partial charge in [-0.3, -0.25) is 4.79 Å². The molecule has 0 heterocycles. The van der Waals surface area contributed by atoms with E-state index in [1.807, 2.05) is 0 Å². The number of hydrogen-bond acceptors (Lipinski definition) is 5. The summed E-state index contributed by atoms with van der Waals surface area (Å²) >= 11 is 0. The number of rotatable bonds is 4. The van der Waals surface area contributed by atoms with Gasteiger partial charge in [0, 0.05) is 6.54 Å². The monoisotopic (exact) mass is 310 g/mol. The van der Waals surface area contributed by atoms with Gasteiger partial charge in [-0.25, -0.2) is 0 Å². The van der Waals surface area contributed by atoms with Crippen LogP contribution >= 0.6 is 0 Å². The predicted molar refractivity (Wildman–Crippen MR) is 83.3 cm³/mol. The Morgan fingerprint density at radius 1 is 1.13 bits per heavy atom. The first kappa shape index (κ1) is 15.9. The first-order chi connectivity index (χ1) is 11.0. The summed E-state index contributed by atoms with van der Waals surface area (Å²) in [5, 5.41) is 39.7. The molecule has 2 aromatic carbocycles. The summed E-state index contributed by atoms with van der Waals surface area (Å²) in [6, 6.07) is 12.2. The smallest absolute Gasteiger partial charge is 0.262 e. The average molecular weight is 310 g/mol. The lowest BCUT2D eigenvalue weighted by Crippen LogP contribution is -2.23. The van der Waals surface area contributed by atoms with Crippen molar-refractivity contribution in [2.24, 2.45) is 0 Å². The molecule has 6 heteroatoms. The molecule has 0 bridgehead atoms. The molecule has 0 aliphatic rings. The highest BCUT2D eigenvalue weighted by Crippen LogP contribution is 2.25. The van der Waals surface area contributed by atoms with Crippen molar-refractivity contribution >= 4 is 12.0 Å². The maximum absolute atomic E-state index is 12.0. The fourth-order valence-corrected chi connectivity index (χ4v) is 1.89. The number of benzene rings is 2. The zero-order valence-corrected chi connectivity index (χ0v) is 12.0. The van der Waals surface area contributed by atoms with Gasteiger partial charge in [0.05, 0.1) is 0 Å². The van der Waals surface area contributed by atoms with E-state index in [1.54, 1.807) is 18.2 Å². The molecular formula is C17H14N2O4. The lowest BCUT2D eigenvalue weighted by molar-refractivity contribution is -0.117. The van der Waals surface area contributed by atoms with E-state index in [-0.39, 0.29) is 29.4 Å². The maximum Gasteiger partial charge on any atom is 0.262 e. The molecule has 0 aromatic heterocycles. The number of phenolic OH excluding ortho intramolecular Hbond substituents is 3. The highest BCUT2D eigenvalue weighted by molar-refractivity contribution is 6.01. The largest absolute Gasteiger partial charge is 0.508 e. The summed E-state index contributed by atoms with van der Waals surface area (Å²) < 4.78 is 0. The molecule has 0 spiro atoms. The van der Waals surface area contributed by atoms with Gasteiger partial charge in [-0.1, -0.05) is 18.2 Å². The van der Waals surface area contributed by atoms with Crippen LogP contribution in [0.15, 0.2) is 48.0 Å². The second kappa shape index (κ2) is 7.00. The van der Waals surface area contributed by atoms with Crippen LogP contribution in [-0.2, 0) is 11.3 Å². The fourth-order valence-electron chi connectivity index (χ4n) is 1.89. The third kappa shape index (κ3) is 4.25. The first-order valence-electron chi connectivity index (χ1n) is 6.69. The Bertz CT molecular complexity index is 806. The third-order valence-electron chi connectivity index (χ3n) is 3.04. The van der Waals surface area contributed by atoms with E-state index in [0.717, 1.165) is 0 Å². The van der Waals surface area contributed by atoms with Gasteiger partial charge in [-0.2, -0.15) is 5.26 Å². The van der Waals surface area contributed by atoms with E-state index in [0.29, 0.717) is 11.1 Å². The van der Waals surface area contributed by atoms with Crippen molar-refractivity contribution < 1.29 is 20.1 Å². The van der Waals surface area contributed by atoms with E-state index in [9.17, 15) is 20.1 Å². The standard InChI is InChI=1S/C17H14N2O4/c18-9-13(6-11-4-5-15(21)16(22)8-11)17(23)19-10-12-2-1-3-14(20)7-12/h1-8,20-22H,10H2,(H,19,23)/b13-6+. The number of aromatic hydroxyl groups is 3. The van der Waals surface area contributed by atoms with E-state index < -0.39 is 5.91 Å². The summed E-state index contributed by atoms with van der Waals surface area (Å²) in [6.07, 6.45) is 1.30. The number of phenols is 3. The molecule has 2 aromatic rings. The molecule has 0 saturated heterocycles. The van der Waals surface area contributed by atoms with E-state index >= 15 is 0 Å². The Morgan fingerprint density at radius 3 is 2.57 bits per heavy atom. The number of nitrogens with one attached hydrogen (secondary N) is 1. The van der Waals surface area contributed by atoms with E-state index in [2.05, 4.69) is 5.32 Å². The van der Waals surface area contributed by atoms with Gasteiger partial charge in [0.1, 0.15) is 17.4 Å². The van der Waals surface area contributed by atoms with Crippen LogP contribution in [0.1, 0.15) is 11.1 Å². The zero-order valence-electron chi connectivity index (χ0n) is 12.0. The van der Waals surface area contributed by atoms with E-state index in [1.165, 1.54) is 36.4 Å². The second-order valence-corrected chi connectivity index (χ2v) is 4.77. The molecule has 2 rings (SSSR count). The summed E-state index contributed by atoms with van der Waals surface area (Å²) in [6.45, 7) is 0.160. The van der Waals surface area contributed by atoms with Gasteiger partial charge in [0.2, 0.25) is 0 Å². The molecule has 4 N–H and O–H groups in total. The molecule has 23 heavy (non-hydrogen) atoms. The lowest BCUT2D eigenvalue weighted by atomic mass is 10.1. The van der Waals surface area contributed by atoms with Crippen molar-refractivity contribution in [3.63, 3.8) is 0 Å². The minimum absolute atomic E-state index is 0.0902. The molecule has 0 aliphatic heterocycles. The van der Waals surface area contributed by atoms with Crippen LogP contribution in [0.2, 0.25) is 0 Å². The van der Waals surface area contributed by atoms with Crippen molar-refractivity contribution in [1.82, 2.24) is 5.32 Å². The van der Waals surface area contributed by atoms with Gasteiger partial charge in [0.25, 0.3) is 5.91 Å². The molecule has 116 valence electrons. The number of nitriles is 1. The average Bonchev–Trinajstić information content (AvgIpc) is 2.53. The van der Waals surface area contributed by atoms with Gasteiger partial charge < -0.3 is 20.6 Å². The van der Waals surface area contributed by atoms with Gasteiger partial charge in [-0.05, 0) is 41.5 Å². The van der Waals surface area contributed by atoms with Gasteiger partial charge in [-0.15, -0.1) is 0 Å². The molecule has 0 aliphatic carbocycles. The SMILES string of the molecule is N#C/C(=C\c1ccc(O)c(O)c1)C(=O)NCc1cccc(O)c1. The Hall–Kier alpha value is -3.46. The van der Waals surface area contributed by atoms with Gasteiger partial charge >= 0.3 is 0 Å². The molecule has 0 saturated carbocycles. The quantitative estimate of drug-likeness (QED) is 0.392. The van der Waals surface area contributed by atoms with Crippen LogP contribution in [0.25, 0.3) is 6.08 Å². The molecule has 0 atom stereocenters. The molecule has 0 radical (unpaired) electrons. The van der Waals surface area contributed by atoms with E-state index in [4.69, 9.17) is 5.26 Å². The van der Waals surface area contributed by atoms with Crippen molar-refractivity contribution in [2.75, 3.05) is 0 Å². The van der Waals surface area contributed by atoms with Crippen LogP contribution in [0.3, 0.4) is 0 Å². The van der Waals surface area contributed by atoms with Crippen LogP contribution in [0.4, 0.5) is 0 Å². The Morgan fingerprint density at radius 2 is 1.91 bits per heavy atom. The Kier molecular flexibility index (Phi) is 4.85. The molecule has 0 fully saturated rings. The minimum atomic E-state index is -0.580. The summed E-state index contributed by atoms with van der Waals surface area (Å²) in [5.41, 5.74) is 0.956. The highest BCUT2D eigenvalue weighted by atomic mass is 16.3. The Balaban J connectivity index is 2.10. The van der Waals surface area contributed by atoms with Crippen LogP contribution in [-0.4, -0.2) is 21.2 Å². The highest BCUT2D eigenvalue weighted by Gasteiger charge is 2.09. The van der Waals surface area contributed by atoms with Crippen molar-refractivity contribution in [3.8, 4) is 23.3 Å². The predicted octanol–water partition coefficient (Wildman–Crippen LogP) is 2.03. The Labute approximate surface area is 132 Å². The third-order valence-corrected chi connectivity index (χ3v) is 3.04. The number of hydrogen-bond donors (Lipinski definition) is 4. The van der Waals surface area contributed by atoms with Gasteiger partial charge in [0.15, 0.2) is 11.5 Å². The molecule has 0 unspecified atom stereocenters. The second-order valence-electron chi connectivity index (χ2n) is 4.77. The number of carbonyl (C=O) groups excluding carboxylic acids is 1. The normalized spacial score (nSPS) is 10.8. The lowest BCUT2D eigenvalue weighted by Gasteiger charge is -2.05. The summed E-state index contributed by atoms with van der Waals surface area (Å²) in [7, 11) is 0. The van der Waals surface area contributed by atoms with Crippen LogP contribution in [0, 0.1) is 11.3 Å². The van der Waals surface area contributed by atoms with Crippen molar-refractivity contribution in [1.29, 1.82) is 5.26 Å². The fraction of sp³-hybridized carbons (Fsp3) is 0.0588. The number of carbonyl (C=O) groups is 1. The zero-order chi connectivity index (χ0) is 16.8. The van der Waals surface area contributed by atoms with Crippen molar-refractivity contribution in [3.05, 3.63) is 59.2 Å². The number of nitrogens with zero attached hydrogens (tertiary/aromatic N) is 1. The molecular weight excluding hydrogens is 296 g/mol. The topological polar surface area (TPSA) is 114 Å². The minimum Gasteiger partial charge on any atom is -0.508 e. The maximum atomic E-state index is 12.0. The van der Waals surface area contributed by atoms with Crippen LogP contribution in [0.5, 0.6) is 17.2 Å². The van der Waals surface area contributed by atoms with Crippen LogP contribution < -0.4 is 5.32 Å². The molecule has 1 amide bonds.